The van der Waals surface area contributed by atoms with Crippen LogP contribution in [0, 0.1) is 16.0 Å². The molecule has 5 heteroatoms. The van der Waals surface area contributed by atoms with Gasteiger partial charge in [0.05, 0.1) is 11.0 Å². The van der Waals surface area contributed by atoms with E-state index < -0.39 is 10.9 Å². The molecular weight excluding hydrogens is 222 g/mol. The SMILES string of the molecule is C=C[C](C)c1cc(OC(C)=O)cc([N+](=O)[O-])c1. The maximum absolute atomic E-state index is 10.8. The molecule has 0 saturated carbocycles. The highest BCUT2D eigenvalue weighted by Crippen LogP contribution is 2.27. The minimum Gasteiger partial charge on any atom is -0.426 e. The molecule has 0 fully saturated rings. The van der Waals surface area contributed by atoms with Crippen LogP contribution in [0.2, 0.25) is 0 Å². The number of hydrogen-bond donors (Lipinski definition) is 0. The van der Waals surface area contributed by atoms with Gasteiger partial charge in [0.25, 0.3) is 5.69 Å². The van der Waals surface area contributed by atoms with Crippen LogP contribution in [0.5, 0.6) is 5.75 Å². The lowest BCUT2D eigenvalue weighted by molar-refractivity contribution is -0.385. The lowest BCUT2D eigenvalue weighted by Crippen LogP contribution is -2.03. The van der Waals surface area contributed by atoms with Gasteiger partial charge in [-0.2, -0.15) is 0 Å². The number of ether oxygens (including phenoxy) is 1. The van der Waals surface area contributed by atoms with Crippen LogP contribution >= 0.6 is 0 Å². The first-order chi connectivity index (χ1) is 7.93. The van der Waals surface area contributed by atoms with Crippen LogP contribution in [-0.2, 0) is 4.79 Å². The molecule has 0 aliphatic heterocycles. The standard InChI is InChI=1S/C12H12NO4/c1-4-8(2)10-5-11(13(15)16)7-12(6-10)17-9(3)14/h4-7H,1H2,2-3H3. The summed E-state index contributed by atoms with van der Waals surface area (Å²) in [6.07, 6.45) is 1.58. The van der Waals surface area contributed by atoms with Crippen LogP contribution in [0.1, 0.15) is 19.4 Å². The fraction of sp³-hybridized carbons (Fsp3) is 0.167. The monoisotopic (exact) mass is 234 g/mol. The minimum absolute atomic E-state index is 0.125. The Morgan fingerprint density at radius 3 is 2.53 bits per heavy atom. The van der Waals surface area contributed by atoms with Gasteiger partial charge in [-0.15, -0.1) is 6.58 Å². The zero-order chi connectivity index (χ0) is 13.0. The van der Waals surface area contributed by atoms with E-state index in [0.29, 0.717) is 5.56 Å². The fourth-order valence-electron chi connectivity index (χ4n) is 1.26. The summed E-state index contributed by atoms with van der Waals surface area (Å²) in [5, 5.41) is 10.7. The van der Waals surface area contributed by atoms with Crippen molar-refractivity contribution in [3.05, 3.63) is 52.4 Å². The summed E-state index contributed by atoms with van der Waals surface area (Å²) in [6.45, 7) is 6.59. The van der Waals surface area contributed by atoms with Crippen molar-refractivity contribution in [3.8, 4) is 5.75 Å². The Kier molecular flexibility index (Phi) is 3.98. The number of rotatable bonds is 4. The van der Waals surface area contributed by atoms with Gasteiger partial charge >= 0.3 is 5.97 Å². The fourth-order valence-corrected chi connectivity index (χ4v) is 1.26. The largest absolute Gasteiger partial charge is 0.426 e. The molecule has 0 aliphatic carbocycles. The normalized spacial score (nSPS) is 10.1. The smallest absolute Gasteiger partial charge is 0.308 e. The van der Waals surface area contributed by atoms with E-state index in [0.717, 1.165) is 5.92 Å². The molecule has 0 amide bonds. The van der Waals surface area contributed by atoms with Gasteiger partial charge in [0.15, 0.2) is 0 Å². The van der Waals surface area contributed by atoms with Crippen molar-refractivity contribution in [1.82, 2.24) is 0 Å². The van der Waals surface area contributed by atoms with Crippen molar-refractivity contribution in [1.29, 1.82) is 0 Å². The summed E-state index contributed by atoms with van der Waals surface area (Å²) in [6, 6.07) is 4.18. The van der Waals surface area contributed by atoms with Crippen LogP contribution < -0.4 is 4.74 Å². The molecule has 0 bridgehead atoms. The second-order valence-electron chi connectivity index (χ2n) is 3.45. The Hall–Kier alpha value is -2.17. The van der Waals surface area contributed by atoms with Gasteiger partial charge in [0.1, 0.15) is 5.75 Å². The number of non-ortho nitro benzene ring substituents is 1. The molecular formula is C12H12NO4. The van der Waals surface area contributed by atoms with E-state index in [4.69, 9.17) is 4.74 Å². The van der Waals surface area contributed by atoms with E-state index in [1.807, 2.05) is 0 Å². The van der Waals surface area contributed by atoms with Crippen LogP contribution in [0.15, 0.2) is 30.9 Å². The number of carbonyl (C=O) groups excluding carboxylic acids is 1. The Morgan fingerprint density at radius 1 is 1.41 bits per heavy atom. The molecule has 1 rings (SSSR count). The zero-order valence-electron chi connectivity index (χ0n) is 9.60. The Balaban J connectivity index is 3.22. The second kappa shape index (κ2) is 5.25. The summed E-state index contributed by atoms with van der Waals surface area (Å²) in [7, 11) is 0. The third-order valence-electron chi connectivity index (χ3n) is 2.13. The average Bonchev–Trinajstić information content (AvgIpc) is 2.26. The van der Waals surface area contributed by atoms with Gasteiger partial charge in [0.2, 0.25) is 0 Å². The van der Waals surface area contributed by atoms with Crippen molar-refractivity contribution < 1.29 is 14.5 Å². The molecule has 1 radical (unpaired) electrons. The van der Waals surface area contributed by atoms with E-state index in [9.17, 15) is 14.9 Å². The predicted molar refractivity (Wildman–Crippen MR) is 62.6 cm³/mol. The van der Waals surface area contributed by atoms with Crippen molar-refractivity contribution in [2.24, 2.45) is 0 Å². The first-order valence-corrected chi connectivity index (χ1v) is 4.88. The molecule has 0 saturated heterocycles. The molecule has 0 heterocycles. The summed E-state index contributed by atoms with van der Waals surface area (Å²) in [5.74, 6) is 0.401. The highest BCUT2D eigenvalue weighted by molar-refractivity contribution is 5.70. The highest BCUT2D eigenvalue weighted by atomic mass is 16.6. The Bertz CT molecular complexity index is 468. The van der Waals surface area contributed by atoms with Gasteiger partial charge in [0, 0.05) is 18.9 Å². The van der Waals surface area contributed by atoms with E-state index >= 15 is 0 Å². The van der Waals surface area contributed by atoms with Crippen molar-refractivity contribution in [2.45, 2.75) is 13.8 Å². The van der Waals surface area contributed by atoms with Gasteiger partial charge in [-0.3, -0.25) is 14.9 Å². The van der Waals surface area contributed by atoms with Crippen molar-refractivity contribution in [2.75, 3.05) is 0 Å². The maximum Gasteiger partial charge on any atom is 0.308 e. The van der Waals surface area contributed by atoms with E-state index in [1.165, 1.54) is 19.1 Å². The van der Waals surface area contributed by atoms with Crippen molar-refractivity contribution >= 4 is 11.7 Å². The summed E-state index contributed by atoms with van der Waals surface area (Å²) in [4.78, 5) is 21.0. The summed E-state index contributed by atoms with van der Waals surface area (Å²) >= 11 is 0. The van der Waals surface area contributed by atoms with Gasteiger partial charge in [-0.1, -0.05) is 13.0 Å². The summed E-state index contributed by atoms with van der Waals surface area (Å²) < 4.78 is 4.85. The van der Waals surface area contributed by atoms with Crippen LogP contribution in [0.25, 0.3) is 0 Å². The molecule has 1 aromatic rings. The van der Waals surface area contributed by atoms with Crippen LogP contribution in [0.3, 0.4) is 0 Å². The third-order valence-corrected chi connectivity index (χ3v) is 2.13. The number of nitro benzene ring substituents is 1. The molecule has 0 atom stereocenters. The minimum atomic E-state index is -0.535. The average molecular weight is 234 g/mol. The lowest BCUT2D eigenvalue weighted by atomic mass is 10.0. The third kappa shape index (κ3) is 3.41. The van der Waals surface area contributed by atoms with Crippen LogP contribution in [-0.4, -0.2) is 10.9 Å². The van der Waals surface area contributed by atoms with Crippen molar-refractivity contribution in [3.63, 3.8) is 0 Å². The number of nitrogens with zero attached hydrogens (tertiary/aromatic N) is 1. The number of carbonyl (C=O) groups is 1. The van der Waals surface area contributed by atoms with E-state index in [1.54, 1.807) is 19.1 Å². The molecule has 1 aromatic carbocycles. The molecule has 0 unspecified atom stereocenters. The van der Waals surface area contributed by atoms with Crippen LogP contribution in [0.4, 0.5) is 5.69 Å². The molecule has 0 N–H and O–H groups in total. The molecule has 89 valence electrons. The zero-order valence-corrected chi connectivity index (χ0v) is 9.60. The molecule has 0 spiro atoms. The van der Waals surface area contributed by atoms with Gasteiger partial charge < -0.3 is 4.74 Å². The first-order valence-electron chi connectivity index (χ1n) is 4.88. The van der Waals surface area contributed by atoms with E-state index in [-0.39, 0.29) is 11.4 Å². The predicted octanol–water partition coefficient (Wildman–Crippen LogP) is 2.65. The van der Waals surface area contributed by atoms with E-state index in [2.05, 4.69) is 6.58 Å². The quantitative estimate of drug-likeness (QED) is 0.347. The topological polar surface area (TPSA) is 69.4 Å². The maximum atomic E-state index is 10.8. The molecule has 17 heavy (non-hydrogen) atoms. The first kappa shape index (κ1) is 12.9. The number of esters is 1. The Morgan fingerprint density at radius 2 is 2.06 bits per heavy atom. The molecule has 0 aromatic heterocycles. The number of allylic oxidation sites excluding steroid dienone is 1. The second-order valence-corrected chi connectivity index (χ2v) is 3.45. The van der Waals surface area contributed by atoms with Gasteiger partial charge in [-0.05, 0) is 11.6 Å². The molecule has 5 nitrogen and oxygen atoms in total. The number of benzene rings is 1. The molecule has 0 aliphatic rings. The number of nitro groups is 1. The summed E-state index contributed by atoms with van der Waals surface area (Å²) in [5.41, 5.74) is 0.477. The van der Waals surface area contributed by atoms with Gasteiger partial charge in [-0.25, -0.2) is 0 Å². The number of hydrogen-bond acceptors (Lipinski definition) is 4. The highest BCUT2D eigenvalue weighted by Gasteiger charge is 2.14. The lowest BCUT2D eigenvalue weighted by Gasteiger charge is -2.08. The Labute approximate surface area is 98.9 Å².